The first-order chi connectivity index (χ1) is 12.6. The molecule has 2 atom stereocenters. The number of carbonyl (C=O) groups is 1. The zero-order chi connectivity index (χ0) is 18.4. The van der Waals surface area contributed by atoms with Crippen molar-refractivity contribution >= 4 is 5.91 Å². The van der Waals surface area contributed by atoms with E-state index < -0.39 is 0 Å². The third-order valence-electron chi connectivity index (χ3n) is 5.28. The van der Waals surface area contributed by atoms with E-state index >= 15 is 0 Å². The maximum Gasteiger partial charge on any atom is 0.253 e. The van der Waals surface area contributed by atoms with Gasteiger partial charge in [0.15, 0.2) is 0 Å². The van der Waals surface area contributed by atoms with E-state index in [1.165, 1.54) is 32.4 Å². The molecule has 144 valence electrons. The molecule has 0 aliphatic carbocycles. The lowest BCUT2D eigenvalue weighted by Gasteiger charge is -2.36. The van der Waals surface area contributed by atoms with Gasteiger partial charge in [0.2, 0.25) is 0 Å². The molecule has 5 nitrogen and oxygen atoms in total. The van der Waals surface area contributed by atoms with Crippen molar-refractivity contribution in [2.24, 2.45) is 0 Å². The highest BCUT2D eigenvalue weighted by Crippen LogP contribution is 2.16. The van der Waals surface area contributed by atoms with Gasteiger partial charge in [-0.05, 0) is 70.5 Å². The van der Waals surface area contributed by atoms with Crippen LogP contribution in [0, 0.1) is 0 Å². The van der Waals surface area contributed by atoms with E-state index in [4.69, 9.17) is 4.74 Å². The number of ether oxygens (including phenoxy) is 1. The fourth-order valence-corrected chi connectivity index (χ4v) is 4.03. The molecular formula is C21H33N3O2. The molecule has 2 aliphatic heterocycles. The molecule has 0 spiro atoms. The van der Waals surface area contributed by atoms with Crippen molar-refractivity contribution in [1.29, 1.82) is 0 Å². The van der Waals surface area contributed by atoms with Crippen molar-refractivity contribution < 1.29 is 9.53 Å². The summed E-state index contributed by atoms with van der Waals surface area (Å²) in [6.45, 7) is 10.1. The Morgan fingerprint density at radius 2 is 1.73 bits per heavy atom. The highest BCUT2D eigenvalue weighted by Gasteiger charge is 2.25. The topological polar surface area (TPSA) is 44.8 Å². The van der Waals surface area contributed by atoms with E-state index in [1.54, 1.807) is 0 Å². The molecule has 1 aromatic rings. The SMILES string of the molecule is CC1CN(C(=O)c2ccc(OCCCN3CCCCC3)cc2)CC(C)N1. The lowest BCUT2D eigenvalue weighted by molar-refractivity contribution is 0.0674. The number of likely N-dealkylation sites (tertiary alicyclic amines) is 1. The van der Waals surface area contributed by atoms with Crippen molar-refractivity contribution in [3.63, 3.8) is 0 Å². The summed E-state index contributed by atoms with van der Waals surface area (Å²) in [6.07, 6.45) is 5.10. The van der Waals surface area contributed by atoms with E-state index in [0.717, 1.165) is 44.0 Å². The molecule has 0 aromatic heterocycles. The zero-order valence-corrected chi connectivity index (χ0v) is 16.2. The molecule has 1 N–H and O–H groups in total. The molecule has 1 amide bonds. The number of piperidine rings is 1. The third kappa shape index (κ3) is 5.45. The second-order valence-electron chi connectivity index (χ2n) is 7.81. The molecular weight excluding hydrogens is 326 g/mol. The van der Waals surface area contributed by atoms with Crippen LogP contribution < -0.4 is 10.1 Å². The summed E-state index contributed by atoms with van der Waals surface area (Å²) in [5, 5.41) is 3.46. The van der Waals surface area contributed by atoms with E-state index in [9.17, 15) is 4.79 Å². The van der Waals surface area contributed by atoms with Gasteiger partial charge >= 0.3 is 0 Å². The molecule has 0 saturated carbocycles. The Morgan fingerprint density at radius 3 is 2.38 bits per heavy atom. The fraction of sp³-hybridized carbons (Fsp3) is 0.667. The van der Waals surface area contributed by atoms with E-state index in [-0.39, 0.29) is 5.91 Å². The molecule has 2 unspecified atom stereocenters. The Kier molecular flexibility index (Phi) is 6.92. The second kappa shape index (κ2) is 9.38. The first kappa shape index (κ1) is 19.2. The number of carbonyl (C=O) groups excluding carboxylic acids is 1. The number of benzene rings is 1. The fourth-order valence-electron chi connectivity index (χ4n) is 4.03. The van der Waals surface area contributed by atoms with Crippen molar-refractivity contribution in [3.8, 4) is 5.75 Å². The van der Waals surface area contributed by atoms with Gasteiger partial charge in [0, 0.05) is 37.3 Å². The van der Waals surface area contributed by atoms with Gasteiger partial charge in [-0.25, -0.2) is 0 Å². The summed E-state index contributed by atoms with van der Waals surface area (Å²) < 4.78 is 5.85. The molecule has 2 fully saturated rings. The van der Waals surface area contributed by atoms with Gasteiger partial charge in [-0.15, -0.1) is 0 Å². The molecule has 0 bridgehead atoms. The predicted molar refractivity (Wildman–Crippen MR) is 105 cm³/mol. The Bertz CT molecular complexity index is 559. The number of rotatable bonds is 6. The highest BCUT2D eigenvalue weighted by atomic mass is 16.5. The minimum Gasteiger partial charge on any atom is -0.494 e. The molecule has 5 heteroatoms. The summed E-state index contributed by atoms with van der Waals surface area (Å²) >= 11 is 0. The average molecular weight is 360 g/mol. The Balaban J connectivity index is 1.43. The van der Waals surface area contributed by atoms with Crippen LogP contribution in [0.2, 0.25) is 0 Å². The van der Waals surface area contributed by atoms with Crippen LogP contribution in [0.5, 0.6) is 5.75 Å². The maximum atomic E-state index is 12.7. The summed E-state index contributed by atoms with van der Waals surface area (Å²) in [4.78, 5) is 17.2. The molecule has 2 heterocycles. The molecule has 1 aromatic carbocycles. The van der Waals surface area contributed by atoms with Crippen LogP contribution in [0.1, 0.15) is 49.9 Å². The lowest BCUT2D eigenvalue weighted by Crippen LogP contribution is -2.55. The van der Waals surface area contributed by atoms with Gasteiger partial charge in [0.25, 0.3) is 5.91 Å². The Hall–Kier alpha value is -1.59. The van der Waals surface area contributed by atoms with Crippen molar-refractivity contribution in [3.05, 3.63) is 29.8 Å². The van der Waals surface area contributed by atoms with Gasteiger partial charge in [0.1, 0.15) is 5.75 Å². The summed E-state index contributed by atoms with van der Waals surface area (Å²) in [6, 6.07) is 8.29. The third-order valence-corrected chi connectivity index (χ3v) is 5.28. The minimum absolute atomic E-state index is 0.113. The van der Waals surface area contributed by atoms with Gasteiger partial charge in [0.05, 0.1) is 6.61 Å². The lowest BCUT2D eigenvalue weighted by atomic mass is 10.1. The zero-order valence-electron chi connectivity index (χ0n) is 16.2. The summed E-state index contributed by atoms with van der Waals surface area (Å²) in [5.74, 6) is 0.962. The number of amides is 1. The van der Waals surface area contributed by atoms with Crippen molar-refractivity contribution in [2.45, 2.75) is 51.6 Å². The van der Waals surface area contributed by atoms with Crippen LogP contribution in [-0.2, 0) is 0 Å². The quantitative estimate of drug-likeness (QED) is 0.794. The summed E-state index contributed by atoms with van der Waals surface area (Å²) in [5.41, 5.74) is 0.743. The minimum atomic E-state index is 0.113. The van der Waals surface area contributed by atoms with Crippen molar-refractivity contribution in [1.82, 2.24) is 15.1 Å². The maximum absolute atomic E-state index is 12.7. The smallest absolute Gasteiger partial charge is 0.253 e. The van der Waals surface area contributed by atoms with Crippen LogP contribution in [0.4, 0.5) is 0 Å². The molecule has 2 aliphatic rings. The number of hydrogen-bond donors (Lipinski definition) is 1. The standard InChI is InChI=1S/C21H33N3O2/c1-17-15-24(16-18(2)22-17)21(25)19-7-9-20(10-8-19)26-14-6-13-23-11-4-3-5-12-23/h7-10,17-18,22H,3-6,11-16H2,1-2H3. The van der Waals surface area contributed by atoms with Gasteiger partial charge in [-0.2, -0.15) is 0 Å². The molecule has 2 saturated heterocycles. The Labute approximate surface area is 157 Å². The average Bonchev–Trinajstić information content (AvgIpc) is 2.65. The van der Waals surface area contributed by atoms with Crippen LogP contribution in [0.3, 0.4) is 0 Å². The second-order valence-corrected chi connectivity index (χ2v) is 7.81. The van der Waals surface area contributed by atoms with Crippen LogP contribution in [-0.4, -0.2) is 67.1 Å². The van der Waals surface area contributed by atoms with Crippen LogP contribution in [0.15, 0.2) is 24.3 Å². The largest absolute Gasteiger partial charge is 0.494 e. The normalized spacial score (nSPS) is 24.5. The number of nitrogens with zero attached hydrogens (tertiary/aromatic N) is 2. The van der Waals surface area contributed by atoms with Crippen LogP contribution >= 0.6 is 0 Å². The molecule has 0 radical (unpaired) electrons. The van der Waals surface area contributed by atoms with Crippen molar-refractivity contribution in [2.75, 3.05) is 39.3 Å². The summed E-state index contributed by atoms with van der Waals surface area (Å²) in [7, 11) is 0. The van der Waals surface area contributed by atoms with Gasteiger partial charge < -0.3 is 19.9 Å². The number of piperazine rings is 1. The predicted octanol–water partition coefficient (Wildman–Crippen LogP) is 2.76. The van der Waals surface area contributed by atoms with E-state index in [2.05, 4.69) is 24.1 Å². The molecule has 26 heavy (non-hydrogen) atoms. The number of hydrogen-bond acceptors (Lipinski definition) is 4. The number of nitrogens with one attached hydrogen (secondary N) is 1. The first-order valence-electron chi connectivity index (χ1n) is 10.1. The van der Waals surface area contributed by atoms with Gasteiger partial charge in [-0.1, -0.05) is 6.42 Å². The first-order valence-corrected chi connectivity index (χ1v) is 10.1. The monoisotopic (exact) mass is 359 g/mol. The van der Waals surface area contributed by atoms with Gasteiger partial charge in [-0.3, -0.25) is 4.79 Å². The van der Waals surface area contributed by atoms with E-state index in [0.29, 0.717) is 12.1 Å². The van der Waals surface area contributed by atoms with E-state index in [1.807, 2.05) is 29.2 Å². The molecule has 3 rings (SSSR count). The Morgan fingerprint density at radius 1 is 1.08 bits per heavy atom. The highest BCUT2D eigenvalue weighted by molar-refractivity contribution is 5.94. The van der Waals surface area contributed by atoms with Crippen LogP contribution in [0.25, 0.3) is 0 Å².